The van der Waals surface area contributed by atoms with Gasteiger partial charge in [-0.2, -0.15) is 13.2 Å². The summed E-state index contributed by atoms with van der Waals surface area (Å²) in [7, 11) is 0. The first-order valence-corrected chi connectivity index (χ1v) is 8.58. The predicted molar refractivity (Wildman–Crippen MR) is 89.4 cm³/mol. The first-order valence-electron chi connectivity index (χ1n) is 8.58. The smallest absolute Gasteiger partial charge is 0.345 e. The number of nitrogens with one attached hydrogen (secondary N) is 2. The van der Waals surface area contributed by atoms with E-state index < -0.39 is 36.5 Å². The topological polar surface area (TPSA) is 64.7 Å². The van der Waals surface area contributed by atoms with Crippen molar-refractivity contribution < 1.29 is 27.2 Å². The van der Waals surface area contributed by atoms with Crippen LogP contribution in [0.1, 0.15) is 12.8 Å². The van der Waals surface area contributed by atoms with E-state index in [-0.39, 0.29) is 12.6 Å². The molecule has 2 heterocycles. The molecule has 0 saturated carbocycles. The first kappa shape index (κ1) is 19.4. The lowest BCUT2D eigenvalue weighted by Crippen LogP contribution is -2.56. The molecule has 3 rings (SSSR count). The van der Waals surface area contributed by atoms with E-state index in [4.69, 9.17) is 0 Å². The summed E-state index contributed by atoms with van der Waals surface area (Å²) in [6.45, 7) is -0.647. The summed E-state index contributed by atoms with van der Waals surface area (Å²) in [6.07, 6.45) is -3.53. The zero-order chi connectivity index (χ0) is 19.7. The maximum atomic E-state index is 13.3. The van der Waals surface area contributed by atoms with Crippen LogP contribution in [0.3, 0.4) is 0 Å². The molecule has 2 fully saturated rings. The third-order valence-corrected chi connectivity index (χ3v) is 4.90. The molecule has 1 aromatic carbocycles. The molecule has 1 spiro atoms. The second-order valence-corrected chi connectivity index (χ2v) is 6.72. The molecule has 2 N–H and O–H groups in total. The van der Waals surface area contributed by atoms with Gasteiger partial charge >= 0.3 is 6.18 Å². The SMILES string of the molecule is O=C(CN1CN(c2ccc(F)cc2)C2(CCNCC2)C1=O)NCC(F)(F)F. The number of nitrogens with zero attached hydrogens (tertiary/aromatic N) is 2. The number of halogens is 4. The molecule has 2 aliphatic rings. The minimum Gasteiger partial charge on any atom is -0.345 e. The fourth-order valence-corrected chi connectivity index (χ4v) is 3.60. The van der Waals surface area contributed by atoms with Gasteiger partial charge in [0.1, 0.15) is 24.4 Å². The largest absolute Gasteiger partial charge is 0.405 e. The van der Waals surface area contributed by atoms with Crippen molar-refractivity contribution in [2.75, 3.05) is 37.7 Å². The highest BCUT2D eigenvalue weighted by molar-refractivity contribution is 5.96. The first-order chi connectivity index (χ1) is 12.7. The molecule has 0 atom stereocenters. The second kappa shape index (κ2) is 7.34. The maximum absolute atomic E-state index is 13.3. The molecule has 2 saturated heterocycles. The lowest BCUT2D eigenvalue weighted by Gasteiger charge is -2.40. The van der Waals surface area contributed by atoms with Crippen LogP contribution < -0.4 is 15.5 Å². The van der Waals surface area contributed by atoms with E-state index in [2.05, 4.69) is 5.32 Å². The van der Waals surface area contributed by atoms with Crippen molar-refractivity contribution in [3.63, 3.8) is 0 Å². The van der Waals surface area contributed by atoms with Gasteiger partial charge in [0, 0.05) is 5.69 Å². The van der Waals surface area contributed by atoms with Gasteiger partial charge in [0.05, 0.1) is 6.67 Å². The summed E-state index contributed by atoms with van der Waals surface area (Å²) in [5.74, 6) is -1.58. The van der Waals surface area contributed by atoms with Gasteiger partial charge in [0.15, 0.2) is 0 Å². The van der Waals surface area contributed by atoms with E-state index in [0.29, 0.717) is 31.6 Å². The van der Waals surface area contributed by atoms with Crippen molar-refractivity contribution in [2.45, 2.75) is 24.6 Å². The zero-order valence-electron chi connectivity index (χ0n) is 14.5. The minimum atomic E-state index is -4.51. The van der Waals surface area contributed by atoms with Crippen LogP contribution in [0.5, 0.6) is 0 Å². The molecule has 2 amide bonds. The number of piperidine rings is 1. The Balaban J connectivity index is 1.78. The molecule has 2 aliphatic heterocycles. The number of amides is 2. The lowest BCUT2D eigenvalue weighted by molar-refractivity contribution is -0.142. The summed E-state index contributed by atoms with van der Waals surface area (Å²) in [4.78, 5) is 28.0. The highest BCUT2D eigenvalue weighted by Crippen LogP contribution is 2.38. The Bertz CT molecular complexity index is 702. The normalized spacial score (nSPS) is 19.6. The predicted octanol–water partition coefficient (Wildman–Crippen LogP) is 1.23. The molecule has 0 aromatic heterocycles. The summed E-state index contributed by atoms with van der Waals surface area (Å²) < 4.78 is 50.1. The average molecular weight is 388 g/mol. The monoisotopic (exact) mass is 388 g/mol. The van der Waals surface area contributed by atoms with Crippen LogP contribution in [-0.4, -0.2) is 61.3 Å². The van der Waals surface area contributed by atoms with Crippen molar-refractivity contribution in [3.05, 3.63) is 30.1 Å². The van der Waals surface area contributed by atoms with Crippen LogP contribution in [0.15, 0.2) is 24.3 Å². The quantitative estimate of drug-likeness (QED) is 0.762. The molecule has 0 bridgehead atoms. The summed E-state index contributed by atoms with van der Waals surface area (Å²) >= 11 is 0. The Kier molecular flexibility index (Phi) is 5.27. The van der Waals surface area contributed by atoms with E-state index in [9.17, 15) is 27.2 Å². The number of hydrogen-bond acceptors (Lipinski definition) is 4. The van der Waals surface area contributed by atoms with Gasteiger partial charge in [0.25, 0.3) is 0 Å². The van der Waals surface area contributed by atoms with Crippen LogP contribution in [0.25, 0.3) is 0 Å². The second-order valence-electron chi connectivity index (χ2n) is 6.72. The Morgan fingerprint density at radius 2 is 1.81 bits per heavy atom. The summed E-state index contributed by atoms with van der Waals surface area (Å²) in [5.41, 5.74) is -0.252. The number of carbonyl (C=O) groups excluding carboxylic acids is 2. The van der Waals surface area contributed by atoms with E-state index in [1.807, 2.05) is 4.90 Å². The van der Waals surface area contributed by atoms with Crippen LogP contribution in [-0.2, 0) is 9.59 Å². The molecule has 148 valence electrons. The number of hydrogen-bond donors (Lipinski definition) is 2. The van der Waals surface area contributed by atoms with Gasteiger partial charge in [-0.15, -0.1) is 0 Å². The van der Waals surface area contributed by atoms with Crippen molar-refractivity contribution in [2.24, 2.45) is 0 Å². The van der Waals surface area contributed by atoms with Crippen molar-refractivity contribution in [1.29, 1.82) is 0 Å². The van der Waals surface area contributed by atoms with E-state index in [0.717, 1.165) is 0 Å². The number of alkyl halides is 3. The molecule has 0 radical (unpaired) electrons. The van der Waals surface area contributed by atoms with Gasteiger partial charge < -0.3 is 20.4 Å². The van der Waals surface area contributed by atoms with Crippen LogP contribution in [0.4, 0.5) is 23.2 Å². The Morgan fingerprint density at radius 1 is 1.19 bits per heavy atom. The third-order valence-electron chi connectivity index (χ3n) is 4.90. The summed E-state index contributed by atoms with van der Waals surface area (Å²) in [5, 5.41) is 4.95. The van der Waals surface area contributed by atoms with E-state index >= 15 is 0 Å². The van der Waals surface area contributed by atoms with E-state index in [1.165, 1.54) is 17.0 Å². The van der Waals surface area contributed by atoms with Crippen LogP contribution in [0, 0.1) is 5.82 Å². The molecule has 10 heteroatoms. The molecule has 6 nitrogen and oxygen atoms in total. The molecular weight excluding hydrogens is 368 g/mol. The third kappa shape index (κ3) is 4.15. The molecule has 0 aliphatic carbocycles. The maximum Gasteiger partial charge on any atom is 0.405 e. The van der Waals surface area contributed by atoms with Crippen LogP contribution in [0.2, 0.25) is 0 Å². The Morgan fingerprint density at radius 3 is 2.41 bits per heavy atom. The average Bonchev–Trinajstić information content (AvgIpc) is 2.87. The van der Waals surface area contributed by atoms with Crippen molar-refractivity contribution in [3.8, 4) is 0 Å². The zero-order valence-corrected chi connectivity index (χ0v) is 14.5. The van der Waals surface area contributed by atoms with Gasteiger partial charge in [0.2, 0.25) is 11.8 Å². The standard InChI is InChI=1S/C17H20F4N4O2/c18-12-1-3-13(4-2-12)25-11-24(9-14(26)23-10-17(19,20)21)15(27)16(25)5-7-22-8-6-16/h1-4,22H,5-11H2,(H,23,26). The lowest BCUT2D eigenvalue weighted by atomic mass is 9.86. The molecule has 0 unspecified atom stereocenters. The van der Waals surface area contributed by atoms with Gasteiger partial charge in [-0.1, -0.05) is 0 Å². The number of carbonyl (C=O) groups is 2. The number of rotatable bonds is 4. The number of anilines is 1. The van der Waals surface area contributed by atoms with Gasteiger partial charge in [-0.3, -0.25) is 9.59 Å². The Hall–Kier alpha value is -2.36. The van der Waals surface area contributed by atoms with Gasteiger partial charge in [-0.05, 0) is 50.2 Å². The fourth-order valence-electron chi connectivity index (χ4n) is 3.60. The number of benzene rings is 1. The van der Waals surface area contributed by atoms with Crippen LogP contribution >= 0.6 is 0 Å². The molecule has 1 aromatic rings. The fraction of sp³-hybridized carbons (Fsp3) is 0.529. The van der Waals surface area contributed by atoms with Gasteiger partial charge in [-0.25, -0.2) is 4.39 Å². The van der Waals surface area contributed by atoms with E-state index in [1.54, 1.807) is 17.4 Å². The highest BCUT2D eigenvalue weighted by Gasteiger charge is 2.53. The summed E-state index contributed by atoms with van der Waals surface area (Å²) in [6, 6.07) is 5.68. The molecular formula is C17H20F4N4O2. The molecule has 27 heavy (non-hydrogen) atoms. The highest BCUT2D eigenvalue weighted by atomic mass is 19.4. The minimum absolute atomic E-state index is 0.0594. The van der Waals surface area contributed by atoms with Crippen molar-refractivity contribution in [1.82, 2.24) is 15.5 Å². The Labute approximate surface area is 153 Å². The van der Waals surface area contributed by atoms with Crippen molar-refractivity contribution >= 4 is 17.5 Å².